The Labute approximate surface area is 181 Å². The number of rotatable bonds is 6. The van der Waals surface area contributed by atoms with Crippen LogP contribution >= 0.6 is 34.5 Å². The van der Waals surface area contributed by atoms with Gasteiger partial charge < -0.3 is 14.5 Å². The summed E-state index contributed by atoms with van der Waals surface area (Å²) >= 11 is 13.4. The number of aryl methyl sites for hydroxylation is 1. The molecule has 0 spiro atoms. The number of amides is 1. The summed E-state index contributed by atoms with van der Waals surface area (Å²) in [5.74, 6) is -0.552. The zero-order valence-electron chi connectivity index (χ0n) is 15.9. The van der Waals surface area contributed by atoms with Crippen molar-refractivity contribution in [2.24, 2.45) is 0 Å². The monoisotopic (exact) mass is 452 g/mol. The first-order chi connectivity index (χ1) is 13.8. The second-order valence-electron chi connectivity index (χ2n) is 6.34. The van der Waals surface area contributed by atoms with Crippen molar-refractivity contribution in [1.82, 2.24) is 10.3 Å². The van der Waals surface area contributed by atoms with Crippen LogP contribution in [0.15, 0.2) is 41.0 Å². The third-order valence-corrected chi connectivity index (χ3v) is 5.71. The lowest BCUT2D eigenvalue weighted by atomic mass is 10.1. The second kappa shape index (κ2) is 8.98. The topological polar surface area (TPSA) is 81.4 Å². The lowest BCUT2D eigenvalue weighted by molar-refractivity contribution is -0.129. The predicted octanol–water partition coefficient (Wildman–Crippen LogP) is 5.44. The number of aromatic nitrogens is 1. The molecule has 0 saturated carbocycles. The minimum Gasteiger partial charge on any atom is -0.462 e. The van der Waals surface area contributed by atoms with E-state index >= 15 is 0 Å². The summed E-state index contributed by atoms with van der Waals surface area (Å²) in [4.78, 5) is 29.9. The predicted molar refractivity (Wildman–Crippen MR) is 112 cm³/mol. The van der Waals surface area contributed by atoms with E-state index in [4.69, 9.17) is 32.4 Å². The number of benzene rings is 1. The summed E-state index contributed by atoms with van der Waals surface area (Å²) < 4.78 is 10.6. The average Bonchev–Trinajstić information content (AvgIpc) is 3.30. The summed E-state index contributed by atoms with van der Waals surface area (Å²) in [7, 11) is 0. The van der Waals surface area contributed by atoms with Crippen molar-refractivity contribution in [3.8, 4) is 10.8 Å². The molecule has 1 aromatic carbocycles. The van der Waals surface area contributed by atoms with E-state index < -0.39 is 18.0 Å². The number of carbonyl (C=O) groups excluding carboxylic acids is 2. The first-order valence-corrected chi connectivity index (χ1v) is 10.3. The SMILES string of the molecule is Cc1sc(-c2ccco2)nc1C(=O)OC(C)C(=O)NC(C)c1ccc(Cl)cc1Cl. The van der Waals surface area contributed by atoms with Gasteiger partial charge in [-0.3, -0.25) is 4.79 Å². The molecule has 3 aromatic rings. The molecule has 9 heteroatoms. The van der Waals surface area contributed by atoms with Crippen molar-refractivity contribution >= 4 is 46.4 Å². The quantitative estimate of drug-likeness (QED) is 0.503. The number of thiazole rings is 1. The van der Waals surface area contributed by atoms with Crippen LogP contribution in [0, 0.1) is 6.92 Å². The van der Waals surface area contributed by atoms with Crippen LogP contribution < -0.4 is 5.32 Å². The van der Waals surface area contributed by atoms with Crippen LogP contribution in [0.1, 0.15) is 40.8 Å². The van der Waals surface area contributed by atoms with Crippen molar-refractivity contribution in [2.45, 2.75) is 32.9 Å². The molecular formula is C20H18Cl2N2O4S. The molecule has 1 amide bonds. The maximum absolute atomic E-state index is 12.5. The van der Waals surface area contributed by atoms with Crippen molar-refractivity contribution in [1.29, 1.82) is 0 Å². The van der Waals surface area contributed by atoms with Crippen molar-refractivity contribution in [3.05, 3.63) is 62.8 Å². The van der Waals surface area contributed by atoms with E-state index in [9.17, 15) is 9.59 Å². The number of hydrogen-bond acceptors (Lipinski definition) is 6. The zero-order valence-corrected chi connectivity index (χ0v) is 18.2. The van der Waals surface area contributed by atoms with E-state index in [-0.39, 0.29) is 11.7 Å². The van der Waals surface area contributed by atoms with Crippen LogP contribution in [0.4, 0.5) is 0 Å². The minimum absolute atomic E-state index is 0.162. The molecule has 1 N–H and O–H groups in total. The Bertz CT molecular complexity index is 1030. The van der Waals surface area contributed by atoms with Gasteiger partial charge >= 0.3 is 5.97 Å². The fraction of sp³-hybridized carbons (Fsp3) is 0.250. The largest absolute Gasteiger partial charge is 0.462 e. The maximum atomic E-state index is 12.5. The van der Waals surface area contributed by atoms with E-state index in [1.165, 1.54) is 24.5 Å². The normalized spacial score (nSPS) is 13.0. The first kappa shape index (κ1) is 21.4. The molecule has 2 heterocycles. The number of nitrogens with one attached hydrogen (secondary N) is 1. The lowest BCUT2D eigenvalue weighted by Gasteiger charge is -2.19. The van der Waals surface area contributed by atoms with Gasteiger partial charge in [0.05, 0.1) is 12.3 Å². The number of hydrogen-bond donors (Lipinski definition) is 1. The highest BCUT2D eigenvalue weighted by atomic mass is 35.5. The third-order valence-electron chi connectivity index (χ3n) is 4.16. The highest BCUT2D eigenvalue weighted by molar-refractivity contribution is 7.15. The Balaban J connectivity index is 1.64. The number of furan rings is 1. The Morgan fingerprint density at radius 3 is 2.66 bits per heavy atom. The average molecular weight is 453 g/mol. The van der Waals surface area contributed by atoms with Gasteiger partial charge in [-0.1, -0.05) is 29.3 Å². The Kier molecular flexibility index (Phi) is 6.62. The van der Waals surface area contributed by atoms with Gasteiger partial charge in [0.15, 0.2) is 22.6 Å². The van der Waals surface area contributed by atoms with Gasteiger partial charge in [0, 0.05) is 14.9 Å². The molecule has 0 radical (unpaired) electrons. The number of nitrogens with zero attached hydrogens (tertiary/aromatic N) is 1. The molecule has 2 aromatic heterocycles. The van der Waals surface area contributed by atoms with Crippen LogP contribution in [-0.2, 0) is 9.53 Å². The number of halogens is 2. The number of carbonyl (C=O) groups is 2. The Morgan fingerprint density at radius 1 is 1.24 bits per heavy atom. The van der Waals surface area contributed by atoms with Gasteiger partial charge in [0.1, 0.15) is 0 Å². The van der Waals surface area contributed by atoms with Gasteiger partial charge in [-0.05, 0) is 50.6 Å². The number of esters is 1. The van der Waals surface area contributed by atoms with E-state index in [0.29, 0.717) is 31.3 Å². The van der Waals surface area contributed by atoms with Crippen molar-refractivity contribution in [3.63, 3.8) is 0 Å². The summed E-state index contributed by atoms with van der Waals surface area (Å²) in [6, 6.07) is 8.14. The summed E-state index contributed by atoms with van der Waals surface area (Å²) in [6.07, 6.45) is 0.522. The molecule has 2 unspecified atom stereocenters. The Hall–Kier alpha value is -2.35. The van der Waals surface area contributed by atoms with E-state index in [2.05, 4.69) is 10.3 Å². The molecule has 2 atom stereocenters. The van der Waals surface area contributed by atoms with Crippen LogP contribution in [0.2, 0.25) is 10.0 Å². The fourth-order valence-electron chi connectivity index (χ4n) is 2.62. The maximum Gasteiger partial charge on any atom is 0.358 e. The van der Waals surface area contributed by atoms with Crippen LogP contribution in [-0.4, -0.2) is 23.0 Å². The van der Waals surface area contributed by atoms with Gasteiger partial charge in [-0.25, -0.2) is 9.78 Å². The van der Waals surface area contributed by atoms with Gasteiger partial charge in [-0.2, -0.15) is 0 Å². The molecule has 0 saturated heterocycles. The van der Waals surface area contributed by atoms with Crippen LogP contribution in [0.3, 0.4) is 0 Å². The van der Waals surface area contributed by atoms with Crippen molar-refractivity contribution in [2.75, 3.05) is 0 Å². The number of ether oxygens (including phenoxy) is 1. The van der Waals surface area contributed by atoms with Crippen LogP contribution in [0.25, 0.3) is 10.8 Å². The highest BCUT2D eigenvalue weighted by Gasteiger charge is 2.25. The molecular weight excluding hydrogens is 435 g/mol. The molecule has 0 bridgehead atoms. The highest BCUT2D eigenvalue weighted by Crippen LogP contribution is 2.29. The summed E-state index contributed by atoms with van der Waals surface area (Å²) in [6.45, 7) is 5.04. The summed E-state index contributed by atoms with van der Waals surface area (Å²) in [5.41, 5.74) is 0.872. The van der Waals surface area contributed by atoms with Crippen LogP contribution in [0.5, 0.6) is 0 Å². The second-order valence-corrected chi connectivity index (χ2v) is 8.39. The third kappa shape index (κ3) is 4.98. The molecule has 0 aliphatic carbocycles. The van der Waals surface area contributed by atoms with Gasteiger partial charge in [-0.15, -0.1) is 11.3 Å². The standard InChI is InChI=1S/C20H18Cl2N2O4S/c1-10(14-7-6-13(21)9-15(14)22)23-18(25)11(2)28-20(26)17-12(3)29-19(24-17)16-5-4-8-27-16/h4-11H,1-3H3,(H,23,25). The molecule has 0 aliphatic heterocycles. The molecule has 152 valence electrons. The fourth-order valence-corrected chi connectivity index (χ4v) is 4.06. The molecule has 0 fully saturated rings. The smallest absolute Gasteiger partial charge is 0.358 e. The van der Waals surface area contributed by atoms with Gasteiger partial charge in [0.2, 0.25) is 0 Å². The zero-order chi connectivity index (χ0) is 21.1. The van der Waals surface area contributed by atoms with Gasteiger partial charge in [0.25, 0.3) is 5.91 Å². The molecule has 6 nitrogen and oxygen atoms in total. The van der Waals surface area contributed by atoms with E-state index in [0.717, 1.165) is 0 Å². The minimum atomic E-state index is -1.01. The van der Waals surface area contributed by atoms with E-state index in [1.807, 2.05) is 0 Å². The molecule has 0 aliphatic rings. The summed E-state index contributed by atoms with van der Waals surface area (Å²) in [5, 5.41) is 4.30. The van der Waals surface area contributed by atoms with Crippen molar-refractivity contribution < 1.29 is 18.7 Å². The molecule has 29 heavy (non-hydrogen) atoms. The first-order valence-electron chi connectivity index (χ1n) is 8.74. The Morgan fingerprint density at radius 2 is 2.00 bits per heavy atom. The van der Waals surface area contributed by atoms with E-state index in [1.54, 1.807) is 44.2 Å². The lowest BCUT2D eigenvalue weighted by Crippen LogP contribution is -2.37. The molecule has 3 rings (SSSR count).